The molecular weight excluding hydrogens is 254 g/mol. The van der Waals surface area contributed by atoms with E-state index in [9.17, 15) is 4.79 Å². The molecule has 0 fully saturated rings. The molecule has 0 radical (unpaired) electrons. The fourth-order valence-electron chi connectivity index (χ4n) is 1.20. The van der Waals surface area contributed by atoms with Gasteiger partial charge in [-0.05, 0) is 12.1 Å². The second-order valence-electron chi connectivity index (χ2n) is 3.27. The minimum atomic E-state index is -0.428. The quantitative estimate of drug-likeness (QED) is 0.743. The van der Waals surface area contributed by atoms with Gasteiger partial charge in [0.15, 0.2) is 11.0 Å². The summed E-state index contributed by atoms with van der Waals surface area (Å²) in [6.07, 6.45) is 2.92. The highest BCUT2D eigenvalue weighted by Crippen LogP contribution is 2.12. The van der Waals surface area contributed by atoms with Crippen LogP contribution in [0, 0.1) is 0 Å². The molecule has 0 aliphatic heterocycles. The smallest absolute Gasteiger partial charge is 0.307 e. The summed E-state index contributed by atoms with van der Waals surface area (Å²) in [5.41, 5.74) is 5.65. The maximum atomic E-state index is 11.5. The number of hydrazine groups is 1. The molecular formula is C11H10ClN5O. The molecule has 1 heterocycles. The van der Waals surface area contributed by atoms with Crippen LogP contribution in [0.15, 0.2) is 42.7 Å². The Morgan fingerprint density at radius 3 is 2.56 bits per heavy atom. The SMILES string of the molecule is O=C(NNc1nccnc1Cl)Nc1ccccc1. The molecule has 0 spiro atoms. The molecule has 0 saturated heterocycles. The number of benzene rings is 1. The second kappa shape index (κ2) is 5.83. The lowest BCUT2D eigenvalue weighted by molar-refractivity contribution is 0.254. The third-order valence-corrected chi connectivity index (χ3v) is 2.26. The Morgan fingerprint density at radius 1 is 1.11 bits per heavy atom. The van der Waals surface area contributed by atoms with Crippen molar-refractivity contribution in [3.05, 3.63) is 47.9 Å². The van der Waals surface area contributed by atoms with E-state index in [2.05, 4.69) is 26.1 Å². The van der Waals surface area contributed by atoms with Crippen LogP contribution in [0.1, 0.15) is 0 Å². The number of hydrogen-bond acceptors (Lipinski definition) is 4. The molecule has 0 aliphatic carbocycles. The average molecular weight is 264 g/mol. The minimum absolute atomic E-state index is 0.178. The molecule has 2 rings (SSSR count). The maximum absolute atomic E-state index is 11.5. The van der Waals surface area contributed by atoms with Crippen LogP contribution in [0.4, 0.5) is 16.3 Å². The van der Waals surface area contributed by atoms with Crippen LogP contribution in [0.5, 0.6) is 0 Å². The van der Waals surface area contributed by atoms with Crippen molar-refractivity contribution in [1.82, 2.24) is 15.4 Å². The Hall–Kier alpha value is -2.34. The fraction of sp³-hybridized carbons (Fsp3) is 0. The first-order valence-corrected chi connectivity index (χ1v) is 5.48. The predicted octanol–water partition coefficient (Wildman–Crippen LogP) is 2.28. The molecule has 1 aromatic heterocycles. The first kappa shape index (κ1) is 12.1. The van der Waals surface area contributed by atoms with E-state index in [1.807, 2.05) is 18.2 Å². The molecule has 3 N–H and O–H groups in total. The fourth-order valence-corrected chi connectivity index (χ4v) is 1.36. The van der Waals surface area contributed by atoms with Gasteiger partial charge in [0, 0.05) is 18.1 Å². The number of para-hydroxylation sites is 1. The monoisotopic (exact) mass is 263 g/mol. The third kappa shape index (κ3) is 3.33. The van der Waals surface area contributed by atoms with Gasteiger partial charge in [-0.25, -0.2) is 20.2 Å². The van der Waals surface area contributed by atoms with E-state index in [0.29, 0.717) is 5.69 Å². The van der Waals surface area contributed by atoms with E-state index in [1.165, 1.54) is 12.4 Å². The Labute approximate surface area is 108 Å². The van der Waals surface area contributed by atoms with Gasteiger partial charge >= 0.3 is 6.03 Å². The summed E-state index contributed by atoms with van der Waals surface area (Å²) in [5.74, 6) is 0.280. The van der Waals surface area contributed by atoms with Crippen LogP contribution in [0.3, 0.4) is 0 Å². The van der Waals surface area contributed by atoms with Gasteiger partial charge in [-0.2, -0.15) is 0 Å². The van der Waals surface area contributed by atoms with Gasteiger partial charge in [0.1, 0.15) is 0 Å². The van der Waals surface area contributed by atoms with E-state index >= 15 is 0 Å². The Balaban J connectivity index is 1.88. The number of halogens is 1. The van der Waals surface area contributed by atoms with E-state index in [1.54, 1.807) is 12.1 Å². The number of aromatic nitrogens is 2. The largest absolute Gasteiger partial charge is 0.337 e. The molecule has 0 aliphatic rings. The predicted molar refractivity (Wildman–Crippen MR) is 69.3 cm³/mol. The molecule has 6 nitrogen and oxygen atoms in total. The van der Waals surface area contributed by atoms with Gasteiger partial charge in [0.25, 0.3) is 0 Å². The lowest BCUT2D eigenvalue weighted by atomic mass is 10.3. The van der Waals surface area contributed by atoms with Gasteiger partial charge in [0.2, 0.25) is 0 Å². The molecule has 7 heteroatoms. The molecule has 92 valence electrons. The number of anilines is 2. The topological polar surface area (TPSA) is 78.9 Å². The zero-order valence-corrected chi connectivity index (χ0v) is 9.98. The summed E-state index contributed by atoms with van der Waals surface area (Å²) in [6, 6.07) is 8.62. The van der Waals surface area contributed by atoms with Crippen molar-refractivity contribution in [2.45, 2.75) is 0 Å². The number of hydrogen-bond donors (Lipinski definition) is 3. The number of nitrogens with zero attached hydrogens (tertiary/aromatic N) is 2. The van der Waals surface area contributed by atoms with Gasteiger partial charge in [-0.3, -0.25) is 5.43 Å². The molecule has 1 aromatic carbocycles. The number of carbonyl (C=O) groups excluding carboxylic acids is 1. The first-order valence-electron chi connectivity index (χ1n) is 5.10. The van der Waals surface area contributed by atoms with E-state index in [4.69, 9.17) is 11.6 Å². The summed E-state index contributed by atoms with van der Waals surface area (Å²) < 4.78 is 0. The van der Waals surface area contributed by atoms with Crippen molar-refractivity contribution in [2.75, 3.05) is 10.7 Å². The molecule has 2 aromatic rings. The van der Waals surface area contributed by atoms with Crippen LogP contribution in [-0.4, -0.2) is 16.0 Å². The Kier molecular flexibility index (Phi) is 3.93. The van der Waals surface area contributed by atoms with Gasteiger partial charge in [-0.15, -0.1) is 0 Å². The standard InChI is InChI=1S/C11H10ClN5O/c12-9-10(14-7-6-13-9)16-17-11(18)15-8-4-2-1-3-5-8/h1-7H,(H,14,16)(H2,15,17,18). The Bertz CT molecular complexity index is 534. The summed E-state index contributed by atoms with van der Waals surface area (Å²) in [7, 11) is 0. The maximum Gasteiger partial charge on any atom is 0.337 e. The van der Waals surface area contributed by atoms with Crippen molar-refractivity contribution in [3.8, 4) is 0 Å². The lowest BCUT2D eigenvalue weighted by Gasteiger charge is -2.09. The molecule has 0 atom stereocenters. The van der Waals surface area contributed by atoms with Gasteiger partial charge in [-0.1, -0.05) is 29.8 Å². The highest BCUT2D eigenvalue weighted by atomic mass is 35.5. The highest BCUT2D eigenvalue weighted by Gasteiger charge is 2.04. The highest BCUT2D eigenvalue weighted by molar-refractivity contribution is 6.31. The summed E-state index contributed by atoms with van der Waals surface area (Å²) in [4.78, 5) is 19.2. The van der Waals surface area contributed by atoms with Crippen molar-refractivity contribution < 1.29 is 4.79 Å². The molecule has 0 bridgehead atoms. The first-order chi connectivity index (χ1) is 8.75. The number of rotatable bonds is 3. The zero-order chi connectivity index (χ0) is 12.8. The van der Waals surface area contributed by atoms with Crippen molar-refractivity contribution in [3.63, 3.8) is 0 Å². The van der Waals surface area contributed by atoms with E-state index in [-0.39, 0.29) is 11.0 Å². The summed E-state index contributed by atoms with van der Waals surface area (Å²) in [6.45, 7) is 0. The van der Waals surface area contributed by atoms with Crippen molar-refractivity contribution >= 4 is 29.1 Å². The van der Waals surface area contributed by atoms with Gasteiger partial charge in [0.05, 0.1) is 0 Å². The Morgan fingerprint density at radius 2 is 1.83 bits per heavy atom. The van der Waals surface area contributed by atoms with Crippen LogP contribution in [-0.2, 0) is 0 Å². The van der Waals surface area contributed by atoms with E-state index < -0.39 is 6.03 Å². The van der Waals surface area contributed by atoms with Gasteiger partial charge < -0.3 is 5.32 Å². The van der Waals surface area contributed by atoms with Crippen LogP contribution in [0.25, 0.3) is 0 Å². The lowest BCUT2D eigenvalue weighted by Crippen LogP contribution is -2.34. The molecule has 18 heavy (non-hydrogen) atoms. The van der Waals surface area contributed by atoms with Crippen molar-refractivity contribution in [2.24, 2.45) is 0 Å². The molecule has 2 amide bonds. The third-order valence-electron chi connectivity index (χ3n) is 1.98. The molecule has 0 saturated carbocycles. The van der Waals surface area contributed by atoms with Crippen LogP contribution < -0.4 is 16.2 Å². The molecule has 0 unspecified atom stereocenters. The zero-order valence-electron chi connectivity index (χ0n) is 9.22. The number of nitrogens with one attached hydrogen (secondary N) is 3. The average Bonchev–Trinajstić information content (AvgIpc) is 2.39. The number of carbonyl (C=O) groups is 1. The van der Waals surface area contributed by atoms with Crippen LogP contribution >= 0.6 is 11.6 Å². The summed E-state index contributed by atoms with van der Waals surface area (Å²) in [5, 5.41) is 2.81. The van der Waals surface area contributed by atoms with Crippen molar-refractivity contribution in [1.29, 1.82) is 0 Å². The number of amides is 2. The second-order valence-corrected chi connectivity index (χ2v) is 3.62. The normalized spacial score (nSPS) is 9.61. The summed E-state index contributed by atoms with van der Waals surface area (Å²) >= 11 is 5.76. The minimum Gasteiger partial charge on any atom is -0.307 e. The van der Waals surface area contributed by atoms with Crippen LogP contribution in [0.2, 0.25) is 5.15 Å². The number of urea groups is 1. The van der Waals surface area contributed by atoms with E-state index in [0.717, 1.165) is 0 Å².